The molecule has 0 radical (unpaired) electrons. The van der Waals surface area contributed by atoms with Crippen molar-refractivity contribution in [3.8, 4) is 23.0 Å². The molecule has 2 heterocycles. The minimum Gasteiger partial charge on any atom is -0.497 e. The highest BCUT2D eigenvalue weighted by Gasteiger charge is 2.43. The highest BCUT2D eigenvalue weighted by Crippen LogP contribution is 2.43. The lowest BCUT2D eigenvalue weighted by atomic mass is 9.82. The van der Waals surface area contributed by atoms with Crippen LogP contribution >= 0.6 is 0 Å². The molecule has 0 aliphatic carbocycles. The molecular weight excluding hydrogens is 522 g/mol. The van der Waals surface area contributed by atoms with Gasteiger partial charge in [-0.1, -0.05) is 18.2 Å². The Morgan fingerprint density at radius 2 is 1.44 bits per heavy atom. The Labute approximate surface area is 241 Å². The van der Waals surface area contributed by atoms with Gasteiger partial charge in [0.2, 0.25) is 11.8 Å². The molecule has 3 aromatic carbocycles. The van der Waals surface area contributed by atoms with Crippen LogP contribution in [0.3, 0.4) is 0 Å². The van der Waals surface area contributed by atoms with E-state index in [0.717, 1.165) is 17.0 Å². The minimum absolute atomic E-state index is 0.0278. The van der Waals surface area contributed by atoms with Crippen LogP contribution in [0, 0.1) is 5.92 Å². The minimum atomic E-state index is -0.510. The van der Waals surface area contributed by atoms with Gasteiger partial charge in [-0.05, 0) is 60.5 Å². The molecule has 0 spiro atoms. The average molecular weight is 560 g/mol. The van der Waals surface area contributed by atoms with Crippen LogP contribution < -0.4 is 28.7 Å². The number of nitrogens with zero attached hydrogens (tertiary/aromatic N) is 3. The smallest absolute Gasteiger partial charge is 0.228 e. The number of piperazine rings is 1. The molecule has 0 aromatic heterocycles. The number of piperidine rings is 1. The van der Waals surface area contributed by atoms with Crippen molar-refractivity contribution in [1.82, 2.24) is 4.90 Å². The second-order valence-corrected chi connectivity index (χ2v) is 10.2. The van der Waals surface area contributed by atoms with Crippen LogP contribution in [0.25, 0.3) is 0 Å². The van der Waals surface area contributed by atoms with Crippen LogP contribution in [0.1, 0.15) is 24.4 Å². The van der Waals surface area contributed by atoms with E-state index in [2.05, 4.69) is 4.90 Å². The SMILES string of the molecule is COc1ccc(N2C(=O)CC[C@H](C(=O)N3CCN(c4ccccc4OC)CC3)[C@H]2c2ccc(OC)c(OC)c2)cc1. The van der Waals surface area contributed by atoms with Gasteiger partial charge in [0, 0.05) is 38.3 Å². The fourth-order valence-electron chi connectivity index (χ4n) is 5.91. The molecule has 3 aromatic rings. The van der Waals surface area contributed by atoms with Gasteiger partial charge in [0.15, 0.2) is 11.5 Å². The second kappa shape index (κ2) is 12.4. The summed E-state index contributed by atoms with van der Waals surface area (Å²) in [7, 11) is 6.45. The molecule has 2 aliphatic heterocycles. The Bertz CT molecular complexity index is 1370. The zero-order valence-electron chi connectivity index (χ0n) is 24.0. The summed E-state index contributed by atoms with van der Waals surface area (Å²) < 4.78 is 22.0. The average Bonchev–Trinajstić information content (AvgIpc) is 3.04. The lowest BCUT2D eigenvalue weighted by Gasteiger charge is -2.44. The van der Waals surface area contributed by atoms with Crippen molar-refractivity contribution < 1.29 is 28.5 Å². The number of ether oxygens (including phenoxy) is 4. The Morgan fingerprint density at radius 1 is 0.756 bits per heavy atom. The summed E-state index contributed by atoms with van der Waals surface area (Å²) in [6, 6.07) is 20.4. The molecule has 0 saturated carbocycles. The van der Waals surface area contributed by atoms with Crippen molar-refractivity contribution in [2.24, 2.45) is 5.92 Å². The Balaban J connectivity index is 1.46. The number of methoxy groups -OCH3 is 4. The van der Waals surface area contributed by atoms with Crippen LogP contribution in [0.4, 0.5) is 11.4 Å². The number of carbonyl (C=O) groups excluding carboxylic acids is 2. The van der Waals surface area contributed by atoms with Crippen LogP contribution in [0.5, 0.6) is 23.0 Å². The summed E-state index contributed by atoms with van der Waals surface area (Å²) >= 11 is 0. The number of rotatable bonds is 8. The fraction of sp³-hybridized carbons (Fsp3) is 0.375. The van der Waals surface area contributed by atoms with Crippen molar-refractivity contribution in [2.75, 3.05) is 64.4 Å². The lowest BCUT2D eigenvalue weighted by Crippen LogP contribution is -2.54. The number of carbonyl (C=O) groups is 2. The monoisotopic (exact) mass is 559 g/mol. The predicted molar refractivity (Wildman–Crippen MR) is 157 cm³/mol. The Hall–Kier alpha value is -4.40. The Morgan fingerprint density at radius 3 is 2.10 bits per heavy atom. The zero-order valence-corrected chi connectivity index (χ0v) is 24.0. The van der Waals surface area contributed by atoms with Gasteiger partial charge in [-0.3, -0.25) is 9.59 Å². The van der Waals surface area contributed by atoms with Crippen molar-refractivity contribution in [1.29, 1.82) is 0 Å². The summed E-state index contributed by atoms with van der Waals surface area (Å²) in [4.78, 5) is 33.7. The summed E-state index contributed by atoms with van der Waals surface area (Å²) in [5, 5.41) is 0. The van der Waals surface area contributed by atoms with Crippen LogP contribution in [-0.4, -0.2) is 71.3 Å². The van der Waals surface area contributed by atoms with E-state index in [9.17, 15) is 9.59 Å². The summed E-state index contributed by atoms with van der Waals surface area (Å²) in [6.45, 7) is 2.56. The Kier molecular flexibility index (Phi) is 8.52. The largest absolute Gasteiger partial charge is 0.497 e. The summed E-state index contributed by atoms with van der Waals surface area (Å²) in [6.07, 6.45) is 0.753. The number of benzene rings is 3. The maximum absolute atomic E-state index is 14.2. The highest BCUT2D eigenvalue weighted by molar-refractivity contribution is 5.97. The van der Waals surface area contributed by atoms with Crippen LogP contribution in [0.15, 0.2) is 66.7 Å². The number of anilines is 2. The molecule has 9 heteroatoms. The van der Waals surface area contributed by atoms with Gasteiger partial charge in [0.25, 0.3) is 0 Å². The molecule has 9 nitrogen and oxygen atoms in total. The molecule has 216 valence electrons. The van der Waals surface area contributed by atoms with E-state index in [-0.39, 0.29) is 18.2 Å². The van der Waals surface area contributed by atoms with E-state index < -0.39 is 12.0 Å². The topological polar surface area (TPSA) is 80.8 Å². The first kappa shape index (κ1) is 28.1. The second-order valence-electron chi connectivity index (χ2n) is 10.2. The summed E-state index contributed by atoms with van der Waals surface area (Å²) in [5.41, 5.74) is 2.56. The van der Waals surface area contributed by atoms with Crippen LogP contribution in [-0.2, 0) is 9.59 Å². The highest BCUT2D eigenvalue weighted by atomic mass is 16.5. The molecule has 41 heavy (non-hydrogen) atoms. The van der Waals surface area contributed by atoms with E-state index in [0.29, 0.717) is 55.5 Å². The molecule has 0 N–H and O–H groups in total. The third-order valence-corrected chi connectivity index (χ3v) is 8.03. The van der Waals surface area contributed by atoms with E-state index in [1.807, 2.05) is 71.6 Å². The van der Waals surface area contributed by atoms with Gasteiger partial charge in [-0.2, -0.15) is 0 Å². The molecule has 2 atom stereocenters. The molecule has 2 fully saturated rings. The van der Waals surface area contributed by atoms with Gasteiger partial charge < -0.3 is 33.6 Å². The molecule has 2 aliphatic rings. The maximum atomic E-state index is 14.2. The van der Waals surface area contributed by atoms with E-state index in [1.165, 1.54) is 0 Å². The van der Waals surface area contributed by atoms with E-state index in [4.69, 9.17) is 18.9 Å². The van der Waals surface area contributed by atoms with Crippen molar-refractivity contribution >= 4 is 23.2 Å². The number of amides is 2. The first-order valence-corrected chi connectivity index (χ1v) is 13.8. The van der Waals surface area contributed by atoms with Crippen molar-refractivity contribution in [2.45, 2.75) is 18.9 Å². The summed E-state index contributed by atoms with van der Waals surface area (Å²) in [5.74, 6) is 2.25. The van der Waals surface area contributed by atoms with E-state index in [1.54, 1.807) is 33.3 Å². The van der Waals surface area contributed by atoms with E-state index >= 15 is 0 Å². The quantitative estimate of drug-likeness (QED) is 0.401. The van der Waals surface area contributed by atoms with Gasteiger partial charge in [-0.25, -0.2) is 0 Å². The molecule has 2 amide bonds. The van der Waals surface area contributed by atoms with Crippen LogP contribution in [0.2, 0.25) is 0 Å². The molecule has 5 rings (SSSR count). The number of hydrogen-bond acceptors (Lipinski definition) is 7. The third kappa shape index (κ3) is 5.62. The first-order chi connectivity index (χ1) is 20.0. The fourth-order valence-corrected chi connectivity index (χ4v) is 5.91. The van der Waals surface area contributed by atoms with Gasteiger partial charge in [-0.15, -0.1) is 0 Å². The van der Waals surface area contributed by atoms with Crippen molar-refractivity contribution in [3.05, 3.63) is 72.3 Å². The first-order valence-electron chi connectivity index (χ1n) is 13.8. The maximum Gasteiger partial charge on any atom is 0.228 e. The normalized spacial score (nSPS) is 19.1. The van der Waals surface area contributed by atoms with Crippen molar-refractivity contribution in [3.63, 3.8) is 0 Å². The number of hydrogen-bond donors (Lipinski definition) is 0. The molecule has 2 saturated heterocycles. The number of para-hydroxylation sites is 2. The van der Waals surface area contributed by atoms with Gasteiger partial charge >= 0.3 is 0 Å². The molecular formula is C32H37N3O6. The zero-order chi connectivity index (χ0) is 28.9. The standard InChI is InChI=1S/C32H37N3O6/c1-38-24-12-10-23(11-13-24)35-30(36)16-14-25(31(35)22-9-15-28(40-3)29(21-22)41-4)32(37)34-19-17-33(18-20-34)26-7-5-6-8-27(26)39-2/h5-13,15,21,25,31H,14,16-20H2,1-4H3/t25-,31+/m0/s1. The molecule has 0 bridgehead atoms. The molecule has 0 unspecified atom stereocenters. The van der Waals surface area contributed by atoms with Gasteiger partial charge in [0.05, 0.1) is 46.1 Å². The third-order valence-electron chi connectivity index (χ3n) is 8.03. The lowest BCUT2D eigenvalue weighted by molar-refractivity contribution is -0.138. The predicted octanol–water partition coefficient (Wildman–Crippen LogP) is 4.55. The van der Waals surface area contributed by atoms with Gasteiger partial charge in [0.1, 0.15) is 11.5 Å².